The Labute approximate surface area is 83.4 Å². The van der Waals surface area contributed by atoms with E-state index in [0.717, 1.165) is 17.8 Å². The Bertz CT molecular complexity index is 316. The highest BCUT2D eigenvalue weighted by Crippen LogP contribution is 2.37. The van der Waals surface area contributed by atoms with Crippen LogP contribution in [0.15, 0.2) is 24.0 Å². The lowest BCUT2D eigenvalue weighted by molar-refractivity contribution is -0.138. The van der Waals surface area contributed by atoms with Crippen molar-refractivity contribution in [3.63, 3.8) is 0 Å². The highest BCUT2D eigenvalue weighted by atomic mass is 16.5. The number of hydrogen-bond acceptors (Lipinski definition) is 3. The summed E-state index contributed by atoms with van der Waals surface area (Å²) < 4.78 is 10.5. The maximum atomic E-state index is 11.0. The number of hydrogen-bond donors (Lipinski definition) is 0. The maximum absolute atomic E-state index is 11.0. The Balaban J connectivity index is 2.19. The maximum Gasteiger partial charge on any atom is 0.331 e. The molecule has 2 aliphatic heterocycles. The van der Waals surface area contributed by atoms with Gasteiger partial charge in [-0.3, -0.25) is 0 Å². The Hall–Kier alpha value is -1.25. The zero-order chi connectivity index (χ0) is 10.3. The Morgan fingerprint density at radius 1 is 1.43 bits per heavy atom. The van der Waals surface area contributed by atoms with Gasteiger partial charge in [-0.1, -0.05) is 6.58 Å². The summed E-state index contributed by atoms with van der Waals surface area (Å²) in [5, 5.41) is 0. The van der Waals surface area contributed by atoms with Crippen molar-refractivity contribution in [3.05, 3.63) is 24.0 Å². The van der Waals surface area contributed by atoms with Crippen molar-refractivity contribution in [2.24, 2.45) is 5.92 Å². The number of carbonyl (C=O) groups excluding carboxylic acids is 1. The molecule has 0 aromatic heterocycles. The van der Waals surface area contributed by atoms with E-state index in [2.05, 4.69) is 6.58 Å². The van der Waals surface area contributed by atoms with Gasteiger partial charge in [-0.15, -0.1) is 0 Å². The van der Waals surface area contributed by atoms with Crippen LogP contribution in [0.5, 0.6) is 0 Å². The van der Waals surface area contributed by atoms with Crippen LogP contribution < -0.4 is 0 Å². The fourth-order valence-corrected chi connectivity index (χ4v) is 2.13. The standard InChI is InChI=1S/C11H14O3/c1-6-4-9(7(2)13-6)10-5-11(12)14-8(10)3/h5,7-9H,1,4H2,2-3H3. The third-order valence-electron chi connectivity index (χ3n) is 2.84. The topological polar surface area (TPSA) is 35.5 Å². The van der Waals surface area contributed by atoms with E-state index in [1.807, 2.05) is 13.8 Å². The quantitative estimate of drug-likeness (QED) is 0.597. The fourth-order valence-electron chi connectivity index (χ4n) is 2.13. The molecule has 0 radical (unpaired) electrons. The van der Waals surface area contributed by atoms with Gasteiger partial charge in [0.1, 0.15) is 12.2 Å². The molecule has 3 atom stereocenters. The molecule has 76 valence electrons. The van der Waals surface area contributed by atoms with Crippen LogP contribution in [0.3, 0.4) is 0 Å². The van der Waals surface area contributed by atoms with Crippen LogP contribution in [-0.2, 0) is 14.3 Å². The van der Waals surface area contributed by atoms with Crippen LogP contribution in [-0.4, -0.2) is 18.2 Å². The van der Waals surface area contributed by atoms with E-state index >= 15 is 0 Å². The summed E-state index contributed by atoms with van der Waals surface area (Å²) in [7, 11) is 0. The number of ether oxygens (including phenoxy) is 2. The van der Waals surface area contributed by atoms with Gasteiger partial charge in [0.2, 0.25) is 0 Å². The molecule has 3 heteroatoms. The van der Waals surface area contributed by atoms with Crippen molar-refractivity contribution in [2.45, 2.75) is 32.5 Å². The van der Waals surface area contributed by atoms with Gasteiger partial charge in [0, 0.05) is 18.4 Å². The van der Waals surface area contributed by atoms with Crippen LogP contribution in [0.25, 0.3) is 0 Å². The lowest BCUT2D eigenvalue weighted by atomic mass is 9.90. The van der Waals surface area contributed by atoms with Crippen LogP contribution in [0.1, 0.15) is 20.3 Å². The Morgan fingerprint density at radius 3 is 2.57 bits per heavy atom. The summed E-state index contributed by atoms with van der Waals surface area (Å²) >= 11 is 0. The second-order valence-corrected chi connectivity index (χ2v) is 3.90. The summed E-state index contributed by atoms with van der Waals surface area (Å²) in [6.45, 7) is 7.69. The van der Waals surface area contributed by atoms with Gasteiger partial charge in [-0.05, 0) is 19.4 Å². The molecule has 1 fully saturated rings. The molecule has 0 aromatic carbocycles. The SMILES string of the molecule is C=C1CC(C2=CC(=O)OC2C)C(C)O1. The van der Waals surface area contributed by atoms with Gasteiger partial charge >= 0.3 is 5.97 Å². The van der Waals surface area contributed by atoms with Gasteiger partial charge in [-0.2, -0.15) is 0 Å². The van der Waals surface area contributed by atoms with E-state index in [-0.39, 0.29) is 24.1 Å². The minimum atomic E-state index is -0.239. The summed E-state index contributed by atoms with van der Waals surface area (Å²) in [5.74, 6) is 0.816. The highest BCUT2D eigenvalue weighted by Gasteiger charge is 2.36. The molecule has 0 spiro atoms. The van der Waals surface area contributed by atoms with Crippen molar-refractivity contribution in [1.29, 1.82) is 0 Å². The average Bonchev–Trinajstić information content (AvgIpc) is 2.55. The summed E-state index contributed by atoms with van der Waals surface area (Å²) in [5.41, 5.74) is 1.04. The number of allylic oxidation sites excluding steroid dienone is 1. The molecule has 0 bridgehead atoms. The monoisotopic (exact) mass is 194 g/mol. The summed E-state index contributed by atoms with van der Waals surface area (Å²) in [4.78, 5) is 11.0. The van der Waals surface area contributed by atoms with Gasteiger partial charge in [0.25, 0.3) is 0 Å². The molecule has 2 rings (SSSR count). The van der Waals surface area contributed by atoms with Crippen molar-refractivity contribution >= 4 is 5.97 Å². The van der Waals surface area contributed by atoms with Crippen LogP contribution in [0.4, 0.5) is 0 Å². The largest absolute Gasteiger partial charge is 0.495 e. The zero-order valence-corrected chi connectivity index (χ0v) is 8.45. The second kappa shape index (κ2) is 3.15. The van der Waals surface area contributed by atoms with E-state index in [9.17, 15) is 4.79 Å². The third kappa shape index (κ3) is 1.43. The van der Waals surface area contributed by atoms with Gasteiger partial charge < -0.3 is 9.47 Å². The molecule has 3 nitrogen and oxygen atoms in total. The predicted molar refractivity (Wildman–Crippen MR) is 51.4 cm³/mol. The molecule has 0 aromatic rings. The first-order chi connectivity index (χ1) is 6.58. The normalized spacial score (nSPS) is 36.7. The number of rotatable bonds is 1. The summed E-state index contributed by atoms with van der Waals surface area (Å²) in [6, 6.07) is 0. The molecular formula is C11H14O3. The van der Waals surface area contributed by atoms with Gasteiger partial charge in [0.15, 0.2) is 0 Å². The zero-order valence-electron chi connectivity index (χ0n) is 8.45. The molecule has 3 unspecified atom stereocenters. The van der Waals surface area contributed by atoms with Gasteiger partial charge in [0.05, 0.1) is 5.76 Å². The Kier molecular flexibility index (Phi) is 2.10. The van der Waals surface area contributed by atoms with E-state index < -0.39 is 0 Å². The molecule has 0 N–H and O–H groups in total. The summed E-state index contributed by atoms with van der Waals surface area (Å²) in [6.07, 6.45) is 2.39. The number of carbonyl (C=O) groups is 1. The lowest BCUT2D eigenvalue weighted by Crippen LogP contribution is -2.19. The number of esters is 1. The van der Waals surface area contributed by atoms with E-state index in [1.165, 1.54) is 0 Å². The average molecular weight is 194 g/mol. The van der Waals surface area contributed by atoms with E-state index in [4.69, 9.17) is 9.47 Å². The fraction of sp³-hybridized carbons (Fsp3) is 0.545. The first-order valence-electron chi connectivity index (χ1n) is 4.84. The molecular weight excluding hydrogens is 180 g/mol. The van der Waals surface area contributed by atoms with E-state index in [1.54, 1.807) is 6.08 Å². The first-order valence-corrected chi connectivity index (χ1v) is 4.84. The molecule has 0 amide bonds. The van der Waals surface area contributed by atoms with Crippen molar-refractivity contribution in [3.8, 4) is 0 Å². The lowest BCUT2D eigenvalue weighted by Gasteiger charge is -2.17. The van der Waals surface area contributed by atoms with Crippen LogP contribution in [0.2, 0.25) is 0 Å². The highest BCUT2D eigenvalue weighted by molar-refractivity contribution is 5.86. The van der Waals surface area contributed by atoms with Crippen molar-refractivity contribution in [2.75, 3.05) is 0 Å². The smallest absolute Gasteiger partial charge is 0.331 e. The third-order valence-corrected chi connectivity index (χ3v) is 2.84. The first kappa shape index (κ1) is 9.31. The number of cyclic esters (lactones) is 1. The molecule has 1 saturated heterocycles. The van der Waals surface area contributed by atoms with Gasteiger partial charge in [-0.25, -0.2) is 4.79 Å². The van der Waals surface area contributed by atoms with Crippen molar-refractivity contribution in [1.82, 2.24) is 0 Å². The second-order valence-electron chi connectivity index (χ2n) is 3.90. The molecule has 14 heavy (non-hydrogen) atoms. The van der Waals surface area contributed by atoms with Crippen molar-refractivity contribution < 1.29 is 14.3 Å². The predicted octanol–water partition coefficient (Wildman–Crippen LogP) is 1.80. The van der Waals surface area contributed by atoms with E-state index in [0.29, 0.717) is 0 Å². The molecule has 2 heterocycles. The molecule has 0 saturated carbocycles. The molecule has 0 aliphatic carbocycles. The van der Waals surface area contributed by atoms with Crippen LogP contribution >= 0.6 is 0 Å². The Morgan fingerprint density at radius 2 is 2.14 bits per heavy atom. The molecule has 2 aliphatic rings. The minimum Gasteiger partial charge on any atom is -0.495 e. The minimum absolute atomic E-state index is 0.102. The van der Waals surface area contributed by atoms with Crippen LogP contribution in [0, 0.1) is 5.92 Å².